The number of aromatic nitrogens is 1. The molecule has 0 N–H and O–H groups in total. The Morgan fingerprint density at radius 1 is 0.449 bits per heavy atom. The van der Waals surface area contributed by atoms with Crippen molar-refractivity contribution in [2.75, 3.05) is 4.90 Å². The maximum absolute atomic E-state index is 6.56. The summed E-state index contributed by atoms with van der Waals surface area (Å²) in [6, 6.07) is 51.5. The molecule has 0 unspecified atom stereocenters. The van der Waals surface area contributed by atoms with E-state index in [2.05, 4.69) is 108 Å². The second kappa shape index (κ2) is 10.3. The Morgan fingerprint density at radius 3 is 1.73 bits per heavy atom. The van der Waals surface area contributed by atoms with Gasteiger partial charge in [-0.1, -0.05) is 54.6 Å². The van der Waals surface area contributed by atoms with Gasteiger partial charge in [0.2, 0.25) is 5.89 Å². The molecule has 49 heavy (non-hydrogen) atoms. The summed E-state index contributed by atoms with van der Waals surface area (Å²) in [5.41, 5.74) is 7.28. The maximum atomic E-state index is 6.56. The van der Waals surface area contributed by atoms with Gasteiger partial charge in [0.25, 0.3) is 0 Å². The van der Waals surface area contributed by atoms with Crippen LogP contribution in [0, 0.1) is 0 Å². The first kappa shape index (κ1) is 27.0. The van der Waals surface area contributed by atoms with Gasteiger partial charge in [-0.2, -0.15) is 0 Å². The second-order valence-electron chi connectivity index (χ2n) is 12.3. The molecule has 0 saturated heterocycles. The lowest BCUT2D eigenvalue weighted by Crippen LogP contribution is -2.09. The molecule has 0 amide bonds. The van der Waals surface area contributed by atoms with E-state index in [1.165, 1.54) is 40.3 Å². The molecule has 0 aliphatic carbocycles. The summed E-state index contributed by atoms with van der Waals surface area (Å²) >= 11 is 3.67. The van der Waals surface area contributed by atoms with Crippen LogP contribution in [0.3, 0.4) is 0 Å². The van der Waals surface area contributed by atoms with Crippen molar-refractivity contribution in [1.29, 1.82) is 0 Å². The molecule has 11 aromatic rings. The van der Waals surface area contributed by atoms with Gasteiger partial charge in [-0.3, -0.25) is 0 Å². The molecule has 7 aromatic carbocycles. The van der Waals surface area contributed by atoms with E-state index in [-0.39, 0.29) is 0 Å². The summed E-state index contributed by atoms with van der Waals surface area (Å²) in [5.74, 6) is 0.605. The topological polar surface area (TPSA) is 42.4 Å². The van der Waals surface area contributed by atoms with E-state index < -0.39 is 0 Å². The highest BCUT2D eigenvalue weighted by molar-refractivity contribution is 7.26. The van der Waals surface area contributed by atoms with Crippen molar-refractivity contribution >= 4 is 113 Å². The minimum Gasteiger partial charge on any atom is -0.456 e. The van der Waals surface area contributed by atoms with Crippen LogP contribution < -0.4 is 4.90 Å². The second-order valence-corrected chi connectivity index (χ2v) is 14.5. The Labute approximate surface area is 287 Å². The van der Waals surface area contributed by atoms with E-state index in [1.54, 1.807) is 0 Å². The van der Waals surface area contributed by atoms with Crippen LogP contribution in [0.15, 0.2) is 154 Å². The number of nitrogens with zero attached hydrogens (tertiary/aromatic N) is 2. The molecule has 0 bridgehead atoms. The van der Waals surface area contributed by atoms with Crippen molar-refractivity contribution in [3.05, 3.63) is 146 Å². The Morgan fingerprint density at radius 2 is 1.04 bits per heavy atom. The van der Waals surface area contributed by atoms with Crippen molar-refractivity contribution in [2.45, 2.75) is 0 Å². The van der Waals surface area contributed by atoms with Gasteiger partial charge in [0.15, 0.2) is 5.58 Å². The third-order valence-corrected chi connectivity index (χ3v) is 11.8. The van der Waals surface area contributed by atoms with Crippen LogP contribution >= 0.6 is 22.7 Å². The molecule has 230 valence electrons. The van der Waals surface area contributed by atoms with Gasteiger partial charge in [0.05, 0.1) is 5.39 Å². The largest absolute Gasteiger partial charge is 0.456 e. The molecule has 0 radical (unpaired) electrons. The summed E-state index contributed by atoms with van der Waals surface area (Å²) in [4.78, 5) is 7.16. The molecule has 0 fully saturated rings. The number of hydrogen-bond donors (Lipinski definition) is 0. The SMILES string of the molecule is c1ccc(-c2nc3ccc4oc5cc(N(c6ccc7sc8ccccc8c7c6)c6ccc7sc8ccccc8c7c6)ccc5c4c3o2)cc1. The number of benzene rings is 7. The average molecular weight is 665 g/mol. The van der Waals surface area contributed by atoms with Crippen molar-refractivity contribution in [3.63, 3.8) is 0 Å². The molecule has 0 atom stereocenters. The maximum Gasteiger partial charge on any atom is 0.227 e. The highest BCUT2D eigenvalue weighted by Crippen LogP contribution is 2.45. The molecule has 4 nitrogen and oxygen atoms in total. The summed E-state index contributed by atoms with van der Waals surface area (Å²) in [6.07, 6.45) is 0. The van der Waals surface area contributed by atoms with E-state index >= 15 is 0 Å². The number of anilines is 3. The lowest BCUT2D eigenvalue weighted by Gasteiger charge is -2.26. The van der Waals surface area contributed by atoms with Gasteiger partial charge in [-0.05, 0) is 84.9 Å². The van der Waals surface area contributed by atoms with Crippen LogP contribution in [-0.2, 0) is 0 Å². The first-order valence-corrected chi connectivity index (χ1v) is 17.8. The average Bonchev–Trinajstić information content (AvgIpc) is 3.92. The zero-order chi connectivity index (χ0) is 32.1. The van der Waals surface area contributed by atoms with Crippen LogP contribution in [-0.4, -0.2) is 4.98 Å². The van der Waals surface area contributed by atoms with Crippen molar-refractivity contribution in [3.8, 4) is 11.5 Å². The van der Waals surface area contributed by atoms with Crippen LogP contribution in [0.25, 0.3) is 84.8 Å². The minimum absolute atomic E-state index is 0.605. The van der Waals surface area contributed by atoms with E-state index in [0.717, 1.165) is 55.7 Å². The standard InChI is InChI=1S/C43H24N2O2S2/c1-2-8-25(9-3-1)43-44-34-18-19-35-41(42(34)47-43)31-17-14-28(24-36(31)46-35)45(26-15-20-39-32(22-26)29-10-4-6-12-37(29)48-39)27-16-21-40-33(23-27)30-11-5-7-13-38(30)49-40/h1-24H. The summed E-state index contributed by atoms with van der Waals surface area (Å²) in [5, 5.41) is 7.02. The fourth-order valence-corrected chi connectivity index (χ4v) is 9.40. The molecule has 0 spiro atoms. The molecular formula is C43H24N2O2S2. The third-order valence-electron chi connectivity index (χ3n) is 9.49. The number of furan rings is 1. The highest BCUT2D eigenvalue weighted by Gasteiger charge is 2.21. The van der Waals surface area contributed by atoms with E-state index in [4.69, 9.17) is 13.8 Å². The Bertz CT molecular complexity index is 2960. The third kappa shape index (κ3) is 4.11. The van der Waals surface area contributed by atoms with Crippen LogP contribution in [0.1, 0.15) is 0 Å². The molecular weight excluding hydrogens is 641 g/mol. The first-order chi connectivity index (χ1) is 24.2. The zero-order valence-corrected chi connectivity index (χ0v) is 27.5. The van der Waals surface area contributed by atoms with Crippen molar-refractivity contribution in [2.24, 2.45) is 0 Å². The first-order valence-electron chi connectivity index (χ1n) is 16.2. The number of fused-ring (bicyclic) bond motifs is 11. The lowest BCUT2D eigenvalue weighted by atomic mass is 10.1. The minimum atomic E-state index is 0.605. The quantitative estimate of drug-likeness (QED) is 0.188. The molecule has 6 heteroatoms. The smallest absolute Gasteiger partial charge is 0.227 e. The normalized spacial score (nSPS) is 12.1. The van der Waals surface area contributed by atoms with E-state index in [1.807, 2.05) is 65.1 Å². The van der Waals surface area contributed by atoms with Crippen LogP contribution in [0.5, 0.6) is 0 Å². The molecule has 0 aliphatic heterocycles. The Hall–Kier alpha value is -5.95. The van der Waals surface area contributed by atoms with Gasteiger partial charge in [-0.15, -0.1) is 22.7 Å². The fraction of sp³-hybridized carbons (Fsp3) is 0. The van der Waals surface area contributed by atoms with Gasteiger partial charge < -0.3 is 13.7 Å². The Kier molecular flexibility index (Phi) is 5.67. The number of oxazole rings is 1. The monoisotopic (exact) mass is 664 g/mol. The number of rotatable bonds is 4. The van der Waals surface area contributed by atoms with Crippen LogP contribution in [0.2, 0.25) is 0 Å². The zero-order valence-electron chi connectivity index (χ0n) is 25.9. The molecule has 0 aliphatic rings. The van der Waals surface area contributed by atoms with Crippen molar-refractivity contribution < 1.29 is 8.83 Å². The summed E-state index contributed by atoms with van der Waals surface area (Å²) < 4.78 is 18.1. The van der Waals surface area contributed by atoms with Crippen LogP contribution in [0.4, 0.5) is 17.1 Å². The van der Waals surface area contributed by atoms with Gasteiger partial charge in [0, 0.05) is 74.4 Å². The van der Waals surface area contributed by atoms with Crippen molar-refractivity contribution in [1.82, 2.24) is 4.98 Å². The molecule has 4 heterocycles. The predicted octanol–water partition coefficient (Wildman–Crippen LogP) is 13.6. The molecule has 0 saturated carbocycles. The van der Waals surface area contributed by atoms with Gasteiger partial charge in [-0.25, -0.2) is 4.98 Å². The van der Waals surface area contributed by atoms with Gasteiger partial charge in [0.1, 0.15) is 16.7 Å². The number of thiophene rings is 2. The molecule has 11 rings (SSSR count). The van der Waals surface area contributed by atoms with E-state index in [9.17, 15) is 0 Å². The van der Waals surface area contributed by atoms with E-state index in [0.29, 0.717) is 5.89 Å². The van der Waals surface area contributed by atoms with Gasteiger partial charge >= 0.3 is 0 Å². The summed E-state index contributed by atoms with van der Waals surface area (Å²) in [6.45, 7) is 0. The summed E-state index contributed by atoms with van der Waals surface area (Å²) in [7, 11) is 0. The number of hydrogen-bond acceptors (Lipinski definition) is 6. The fourth-order valence-electron chi connectivity index (χ4n) is 7.23. The lowest BCUT2D eigenvalue weighted by molar-refractivity contribution is 0.622. The Balaban J connectivity index is 1.13. The predicted molar refractivity (Wildman–Crippen MR) is 207 cm³/mol. The molecule has 4 aromatic heterocycles. The highest BCUT2D eigenvalue weighted by atomic mass is 32.1.